The third-order valence-electron chi connectivity index (χ3n) is 4.21. The minimum absolute atomic E-state index is 0.155. The third-order valence-corrected chi connectivity index (χ3v) is 4.21. The van der Waals surface area contributed by atoms with E-state index in [2.05, 4.69) is 15.8 Å². The molecule has 1 aliphatic heterocycles. The molecule has 0 bridgehead atoms. The van der Waals surface area contributed by atoms with E-state index in [1.165, 1.54) is 11.9 Å². The number of carbonyl (C=O) groups excluding carboxylic acids is 3. The highest BCUT2D eigenvalue weighted by atomic mass is 16.5. The largest absolute Gasteiger partial charge is 0.360 e. The minimum atomic E-state index is -0.485. The van der Waals surface area contributed by atoms with Crippen molar-refractivity contribution in [1.29, 1.82) is 0 Å². The Morgan fingerprint density at radius 2 is 2.15 bits per heavy atom. The Balaban J connectivity index is 1.74. The Hall–Kier alpha value is -3.36. The summed E-state index contributed by atoms with van der Waals surface area (Å²) < 4.78 is 4.90. The summed E-state index contributed by atoms with van der Waals surface area (Å²) in [6.07, 6.45) is 0.175. The molecule has 0 saturated heterocycles. The molecule has 142 valence electrons. The molecule has 0 fully saturated rings. The molecule has 0 radical (unpaired) electrons. The lowest BCUT2D eigenvalue weighted by molar-refractivity contribution is -0.119. The molecule has 0 spiro atoms. The van der Waals surface area contributed by atoms with Gasteiger partial charge in [0.05, 0.1) is 11.4 Å². The van der Waals surface area contributed by atoms with Crippen LogP contribution in [-0.4, -0.2) is 47.5 Å². The third kappa shape index (κ3) is 4.08. The first-order valence-corrected chi connectivity index (χ1v) is 8.51. The lowest BCUT2D eigenvalue weighted by Gasteiger charge is -2.29. The summed E-state index contributed by atoms with van der Waals surface area (Å²) in [5, 5.41) is 9.06. The van der Waals surface area contributed by atoms with Crippen LogP contribution in [0.3, 0.4) is 0 Å². The van der Waals surface area contributed by atoms with Crippen LogP contribution in [0, 0.1) is 6.92 Å². The number of nitrogens with zero attached hydrogens (tertiary/aromatic N) is 3. The number of aryl methyl sites for hydroxylation is 1. The number of likely N-dealkylation sites (N-methyl/N-ethyl adjacent to an activating group) is 1. The Bertz CT molecular complexity index is 878. The van der Waals surface area contributed by atoms with Crippen LogP contribution in [0.1, 0.15) is 19.1 Å². The Labute approximate surface area is 156 Å². The van der Waals surface area contributed by atoms with Gasteiger partial charge in [-0.1, -0.05) is 17.3 Å². The van der Waals surface area contributed by atoms with Crippen LogP contribution in [-0.2, 0) is 9.59 Å². The average Bonchev–Trinajstić information content (AvgIpc) is 2.95. The molecule has 2 heterocycles. The van der Waals surface area contributed by atoms with Gasteiger partial charge in [0.1, 0.15) is 12.3 Å². The Morgan fingerprint density at radius 1 is 1.41 bits per heavy atom. The summed E-state index contributed by atoms with van der Waals surface area (Å²) in [6.45, 7) is 3.36. The molecular formula is C18H21N5O4. The highest BCUT2D eigenvalue weighted by molar-refractivity contribution is 6.05. The zero-order valence-corrected chi connectivity index (χ0v) is 15.4. The van der Waals surface area contributed by atoms with Crippen molar-refractivity contribution in [2.75, 3.05) is 29.1 Å². The van der Waals surface area contributed by atoms with Crippen molar-refractivity contribution >= 4 is 35.0 Å². The van der Waals surface area contributed by atoms with Crippen LogP contribution < -0.4 is 15.5 Å². The fourth-order valence-electron chi connectivity index (χ4n) is 2.95. The zero-order valence-electron chi connectivity index (χ0n) is 15.4. The molecule has 2 aromatic rings. The molecule has 9 heteroatoms. The number of urea groups is 1. The topological polar surface area (TPSA) is 108 Å². The van der Waals surface area contributed by atoms with Crippen molar-refractivity contribution in [2.45, 2.75) is 26.3 Å². The lowest BCUT2D eigenvalue weighted by atomic mass is 10.1. The van der Waals surface area contributed by atoms with E-state index in [-0.39, 0.29) is 36.6 Å². The van der Waals surface area contributed by atoms with Crippen molar-refractivity contribution in [1.82, 2.24) is 10.1 Å². The maximum absolute atomic E-state index is 12.9. The summed E-state index contributed by atoms with van der Waals surface area (Å²) >= 11 is 0. The molecule has 1 aromatic carbocycles. The maximum Gasteiger partial charge on any atom is 0.323 e. The number of carbonyl (C=O) groups is 3. The van der Waals surface area contributed by atoms with Gasteiger partial charge in [-0.2, -0.15) is 0 Å². The van der Waals surface area contributed by atoms with Gasteiger partial charge < -0.3 is 19.6 Å². The zero-order chi connectivity index (χ0) is 19.6. The number of rotatable bonds is 3. The molecule has 1 aromatic heterocycles. The highest BCUT2D eigenvalue weighted by Crippen LogP contribution is 2.31. The fraction of sp³-hybridized carbons (Fsp3) is 0.333. The van der Waals surface area contributed by atoms with Crippen molar-refractivity contribution in [3.8, 4) is 0 Å². The minimum Gasteiger partial charge on any atom is -0.360 e. The number of anilines is 3. The van der Waals surface area contributed by atoms with E-state index in [0.717, 1.165) is 0 Å². The average molecular weight is 371 g/mol. The van der Waals surface area contributed by atoms with E-state index < -0.39 is 6.03 Å². The van der Waals surface area contributed by atoms with Crippen molar-refractivity contribution < 1.29 is 18.9 Å². The second-order valence-electron chi connectivity index (χ2n) is 6.49. The van der Waals surface area contributed by atoms with Gasteiger partial charge in [-0.25, -0.2) is 4.79 Å². The Kier molecular flexibility index (Phi) is 5.11. The van der Waals surface area contributed by atoms with Crippen LogP contribution >= 0.6 is 0 Å². The highest BCUT2D eigenvalue weighted by Gasteiger charge is 2.30. The van der Waals surface area contributed by atoms with Gasteiger partial charge in [0.25, 0.3) is 0 Å². The molecule has 1 aliphatic rings. The predicted octanol–water partition coefficient (Wildman–Crippen LogP) is 2.21. The van der Waals surface area contributed by atoms with Gasteiger partial charge in [0.2, 0.25) is 11.8 Å². The van der Waals surface area contributed by atoms with E-state index in [1.807, 2.05) is 0 Å². The van der Waals surface area contributed by atoms with E-state index >= 15 is 0 Å². The normalized spacial score (nSPS) is 16.2. The van der Waals surface area contributed by atoms with Gasteiger partial charge in [-0.3, -0.25) is 14.9 Å². The van der Waals surface area contributed by atoms with Gasteiger partial charge in [-0.15, -0.1) is 0 Å². The van der Waals surface area contributed by atoms with E-state index in [9.17, 15) is 14.4 Å². The molecule has 9 nitrogen and oxygen atoms in total. The van der Waals surface area contributed by atoms with Crippen LogP contribution in [0.4, 0.5) is 22.0 Å². The summed E-state index contributed by atoms with van der Waals surface area (Å²) in [5.74, 6) is 0.398. The quantitative estimate of drug-likeness (QED) is 0.860. The number of para-hydroxylation sites is 2. The smallest absolute Gasteiger partial charge is 0.323 e. The number of fused-ring (bicyclic) bond motifs is 1. The molecule has 0 saturated carbocycles. The summed E-state index contributed by atoms with van der Waals surface area (Å²) in [7, 11) is 1.51. The van der Waals surface area contributed by atoms with Gasteiger partial charge in [-0.05, 0) is 26.0 Å². The number of benzene rings is 1. The monoisotopic (exact) mass is 371 g/mol. The fourth-order valence-corrected chi connectivity index (χ4v) is 2.95. The second-order valence-corrected chi connectivity index (χ2v) is 6.49. The second kappa shape index (κ2) is 7.48. The summed E-state index contributed by atoms with van der Waals surface area (Å²) in [5.41, 5.74) is 1.19. The van der Waals surface area contributed by atoms with Crippen LogP contribution in [0.2, 0.25) is 0 Å². The number of hydrogen-bond donors (Lipinski definition) is 2. The molecule has 0 aliphatic carbocycles. The van der Waals surface area contributed by atoms with Crippen molar-refractivity contribution in [3.05, 3.63) is 36.1 Å². The number of aromatic nitrogens is 1. The standard InChI is InChI=1S/C18H21N5O4/c1-11-8-16(24)19-13-6-4-5-7-14(13)23(11)17(25)10-22(3)18(26)20-15-9-12(2)27-21-15/h4-7,9,11H,8,10H2,1-3H3,(H,19,24)(H,20,21,26). The van der Waals surface area contributed by atoms with Gasteiger partial charge in [0.15, 0.2) is 5.82 Å². The van der Waals surface area contributed by atoms with Gasteiger partial charge in [0, 0.05) is 25.6 Å². The van der Waals surface area contributed by atoms with Crippen molar-refractivity contribution in [3.63, 3.8) is 0 Å². The molecule has 3 rings (SSSR count). The molecule has 1 unspecified atom stereocenters. The Morgan fingerprint density at radius 3 is 2.85 bits per heavy atom. The molecule has 2 N–H and O–H groups in total. The SMILES string of the molecule is Cc1cc(NC(=O)N(C)CC(=O)N2c3ccccc3NC(=O)CC2C)no1. The predicted molar refractivity (Wildman–Crippen MR) is 99.5 cm³/mol. The summed E-state index contributed by atoms with van der Waals surface area (Å²) in [6, 6.07) is 7.86. The maximum atomic E-state index is 12.9. The number of amides is 4. The first-order chi connectivity index (χ1) is 12.8. The first kappa shape index (κ1) is 18.4. The molecule has 1 atom stereocenters. The molecular weight excluding hydrogens is 350 g/mol. The van der Waals surface area contributed by atoms with E-state index in [1.54, 1.807) is 49.1 Å². The number of hydrogen-bond acceptors (Lipinski definition) is 5. The number of nitrogens with one attached hydrogen (secondary N) is 2. The van der Waals surface area contributed by atoms with Crippen molar-refractivity contribution in [2.24, 2.45) is 0 Å². The first-order valence-electron chi connectivity index (χ1n) is 8.51. The van der Waals surface area contributed by atoms with E-state index in [0.29, 0.717) is 17.1 Å². The van der Waals surface area contributed by atoms with Crippen LogP contribution in [0.5, 0.6) is 0 Å². The van der Waals surface area contributed by atoms with Crippen LogP contribution in [0.25, 0.3) is 0 Å². The lowest BCUT2D eigenvalue weighted by Crippen LogP contribution is -2.46. The van der Waals surface area contributed by atoms with Crippen LogP contribution in [0.15, 0.2) is 34.9 Å². The molecule has 27 heavy (non-hydrogen) atoms. The van der Waals surface area contributed by atoms with Gasteiger partial charge >= 0.3 is 6.03 Å². The summed E-state index contributed by atoms with van der Waals surface area (Å²) in [4.78, 5) is 40.0. The van der Waals surface area contributed by atoms with E-state index in [4.69, 9.17) is 4.52 Å². The molecule has 4 amide bonds.